The van der Waals surface area contributed by atoms with E-state index in [0.717, 1.165) is 16.7 Å². The van der Waals surface area contributed by atoms with Crippen LogP contribution < -0.4 is 4.74 Å². The van der Waals surface area contributed by atoms with Crippen molar-refractivity contribution in [2.24, 2.45) is 0 Å². The minimum Gasteiger partial charge on any atom is -0.488 e. The van der Waals surface area contributed by atoms with Crippen LogP contribution in [0.4, 0.5) is 0 Å². The highest BCUT2D eigenvalue weighted by Crippen LogP contribution is 2.38. The van der Waals surface area contributed by atoms with E-state index in [9.17, 15) is 9.59 Å². The first-order valence-corrected chi connectivity index (χ1v) is 7.74. The summed E-state index contributed by atoms with van der Waals surface area (Å²) in [7, 11) is 0. The average Bonchev–Trinajstić information content (AvgIpc) is 2.65. The maximum Gasteiger partial charge on any atom is 0.237 e. The number of hydrogen-bond acceptors (Lipinski definition) is 3. The van der Waals surface area contributed by atoms with Gasteiger partial charge in [0.25, 0.3) is 0 Å². The number of benzene rings is 3. The van der Waals surface area contributed by atoms with E-state index < -0.39 is 11.6 Å². The van der Waals surface area contributed by atoms with Crippen molar-refractivity contribution in [2.75, 3.05) is 0 Å². The van der Waals surface area contributed by atoms with Gasteiger partial charge in [0, 0.05) is 5.56 Å². The zero-order chi connectivity index (χ0) is 16.5. The summed E-state index contributed by atoms with van der Waals surface area (Å²) in [4.78, 5) is 25.0. The van der Waals surface area contributed by atoms with Gasteiger partial charge < -0.3 is 4.74 Å². The molecule has 1 aliphatic rings. The molecule has 3 aromatic rings. The monoisotopic (exact) mass is 314 g/mol. The van der Waals surface area contributed by atoms with Gasteiger partial charge in [-0.05, 0) is 22.8 Å². The molecule has 0 radical (unpaired) electrons. The van der Waals surface area contributed by atoms with Gasteiger partial charge in [-0.2, -0.15) is 0 Å². The van der Waals surface area contributed by atoms with Crippen molar-refractivity contribution < 1.29 is 14.3 Å². The highest BCUT2D eigenvalue weighted by atomic mass is 16.5. The first-order chi connectivity index (χ1) is 11.8. The van der Waals surface area contributed by atoms with Crippen molar-refractivity contribution in [2.45, 2.75) is 6.61 Å². The Bertz CT molecular complexity index is 942. The second-order valence-corrected chi connectivity index (χ2v) is 5.66. The van der Waals surface area contributed by atoms with Gasteiger partial charge in [-0.25, -0.2) is 0 Å². The molecular formula is C21H14O3. The van der Waals surface area contributed by atoms with Crippen molar-refractivity contribution in [3.63, 3.8) is 0 Å². The smallest absolute Gasteiger partial charge is 0.237 e. The number of carbonyl (C=O) groups is 2. The first-order valence-electron chi connectivity index (χ1n) is 7.74. The molecule has 0 N–H and O–H groups in total. The predicted molar refractivity (Wildman–Crippen MR) is 91.3 cm³/mol. The Morgan fingerprint density at radius 3 is 2.08 bits per heavy atom. The summed E-state index contributed by atoms with van der Waals surface area (Å²) in [6.07, 6.45) is 0. The number of fused-ring (bicyclic) bond motifs is 3. The van der Waals surface area contributed by atoms with Crippen LogP contribution in [0.1, 0.15) is 26.3 Å². The molecule has 0 aromatic heterocycles. The van der Waals surface area contributed by atoms with Crippen LogP contribution >= 0.6 is 0 Å². The zero-order valence-electron chi connectivity index (χ0n) is 12.9. The van der Waals surface area contributed by atoms with E-state index in [1.807, 2.05) is 54.6 Å². The van der Waals surface area contributed by atoms with Gasteiger partial charge in [-0.3, -0.25) is 9.59 Å². The maximum absolute atomic E-state index is 12.6. The number of hydrogen-bond donors (Lipinski definition) is 0. The van der Waals surface area contributed by atoms with Gasteiger partial charge in [-0.15, -0.1) is 0 Å². The lowest BCUT2D eigenvalue weighted by Crippen LogP contribution is -2.22. The van der Waals surface area contributed by atoms with Gasteiger partial charge in [0.1, 0.15) is 12.4 Å². The molecule has 0 heterocycles. The number of rotatable bonds is 3. The van der Waals surface area contributed by atoms with E-state index in [4.69, 9.17) is 4.74 Å². The Kier molecular flexibility index (Phi) is 3.47. The summed E-state index contributed by atoms with van der Waals surface area (Å²) >= 11 is 0. The molecule has 4 rings (SSSR count). The van der Waals surface area contributed by atoms with E-state index in [-0.39, 0.29) is 0 Å². The standard InChI is InChI=1S/C21H14O3/c22-20-17-10-5-4-9-15(17)16-11-6-12-18(19(16)21(20)23)24-13-14-7-2-1-3-8-14/h1-12H,13H2. The van der Waals surface area contributed by atoms with Crippen LogP contribution in [-0.2, 0) is 6.61 Å². The molecule has 0 saturated heterocycles. The molecule has 0 fully saturated rings. The molecule has 0 unspecified atom stereocenters. The minimum atomic E-state index is -0.507. The van der Waals surface area contributed by atoms with E-state index in [0.29, 0.717) is 23.5 Å². The van der Waals surface area contributed by atoms with Crippen LogP contribution in [0.2, 0.25) is 0 Å². The van der Waals surface area contributed by atoms with Gasteiger partial charge in [0.05, 0.1) is 5.56 Å². The topological polar surface area (TPSA) is 43.4 Å². The van der Waals surface area contributed by atoms with E-state index in [2.05, 4.69) is 0 Å². The third-order valence-electron chi connectivity index (χ3n) is 4.16. The lowest BCUT2D eigenvalue weighted by Gasteiger charge is -2.20. The highest BCUT2D eigenvalue weighted by Gasteiger charge is 2.32. The number of ketones is 2. The summed E-state index contributed by atoms with van der Waals surface area (Å²) in [6.45, 7) is 0.348. The maximum atomic E-state index is 12.6. The van der Waals surface area contributed by atoms with Gasteiger partial charge >= 0.3 is 0 Å². The Balaban J connectivity index is 1.77. The molecule has 3 aromatic carbocycles. The van der Waals surface area contributed by atoms with Crippen LogP contribution in [-0.4, -0.2) is 11.6 Å². The largest absolute Gasteiger partial charge is 0.488 e. The molecule has 3 heteroatoms. The molecule has 0 spiro atoms. The molecule has 116 valence electrons. The highest BCUT2D eigenvalue weighted by molar-refractivity contribution is 6.53. The minimum absolute atomic E-state index is 0.348. The number of ether oxygens (including phenoxy) is 1. The van der Waals surface area contributed by atoms with Crippen molar-refractivity contribution in [1.82, 2.24) is 0 Å². The number of carbonyl (C=O) groups excluding carboxylic acids is 2. The average molecular weight is 314 g/mol. The summed E-state index contributed by atoms with van der Waals surface area (Å²) in [5.41, 5.74) is 3.35. The van der Waals surface area contributed by atoms with Crippen molar-refractivity contribution in [3.05, 3.63) is 89.5 Å². The Labute approximate surface area is 139 Å². The SMILES string of the molecule is O=C1C(=O)c2c(OCc3ccccc3)cccc2-c2ccccc21. The molecule has 3 nitrogen and oxygen atoms in total. The van der Waals surface area contributed by atoms with Gasteiger partial charge in [0.15, 0.2) is 0 Å². The summed E-state index contributed by atoms with van der Waals surface area (Å²) in [5, 5.41) is 0. The van der Waals surface area contributed by atoms with E-state index in [1.165, 1.54) is 0 Å². The Hall–Kier alpha value is -3.20. The number of Topliss-reactive ketones (excluding diaryl/α,β-unsaturated/α-hetero) is 2. The Morgan fingerprint density at radius 2 is 1.29 bits per heavy atom. The van der Waals surface area contributed by atoms with Crippen LogP contribution in [0.3, 0.4) is 0 Å². The van der Waals surface area contributed by atoms with Crippen molar-refractivity contribution in [1.29, 1.82) is 0 Å². The lowest BCUT2D eigenvalue weighted by molar-refractivity contribution is 0.0812. The summed E-state index contributed by atoms with van der Waals surface area (Å²) in [5.74, 6) is -0.537. The van der Waals surface area contributed by atoms with Crippen molar-refractivity contribution in [3.8, 4) is 16.9 Å². The molecular weight excluding hydrogens is 300 g/mol. The van der Waals surface area contributed by atoms with Gasteiger partial charge in [-0.1, -0.05) is 66.7 Å². The van der Waals surface area contributed by atoms with Crippen LogP contribution in [0.25, 0.3) is 11.1 Å². The summed E-state index contributed by atoms with van der Waals surface area (Å²) < 4.78 is 5.85. The quantitative estimate of drug-likeness (QED) is 0.677. The fraction of sp³-hybridized carbons (Fsp3) is 0.0476. The normalized spacial score (nSPS) is 12.5. The third kappa shape index (κ3) is 2.31. The molecule has 0 bridgehead atoms. The third-order valence-corrected chi connectivity index (χ3v) is 4.16. The van der Waals surface area contributed by atoms with Crippen LogP contribution in [0.15, 0.2) is 72.8 Å². The second kappa shape index (κ2) is 5.78. The first kappa shape index (κ1) is 14.4. The van der Waals surface area contributed by atoms with Crippen molar-refractivity contribution >= 4 is 11.6 Å². The second-order valence-electron chi connectivity index (χ2n) is 5.66. The van der Waals surface area contributed by atoms with E-state index in [1.54, 1.807) is 18.2 Å². The van der Waals surface area contributed by atoms with Gasteiger partial charge in [0.2, 0.25) is 11.6 Å². The molecule has 1 aliphatic carbocycles. The molecule has 24 heavy (non-hydrogen) atoms. The summed E-state index contributed by atoms with van der Waals surface area (Å²) in [6, 6.07) is 22.3. The van der Waals surface area contributed by atoms with E-state index >= 15 is 0 Å². The molecule has 0 aliphatic heterocycles. The molecule has 0 saturated carbocycles. The fourth-order valence-electron chi connectivity index (χ4n) is 3.00. The lowest BCUT2D eigenvalue weighted by atomic mass is 9.83. The zero-order valence-corrected chi connectivity index (χ0v) is 12.9. The predicted octanol–water partition coefficient (Wildman–Crippen LogP) is 4.31. The molecule has 0 amide bonds. The van der Waals surface area contributed by atoms with Crippen LogP contribution in [0, 0.1) is 0 Å². The Morgan fingerprint density at radius 1 is 0.625 bits per heavy atom. The molecule has 0 atom stereocenters. The fourth-order valence-corrected chi connectivity index (χ4v) is 3.00. The van der Waals surface area contributed by atoms with Crippen LogP contribution in [0.5, 0.6) is 5.75 Å².